The third-order valence-corrected chi connectivity index (χ3v) is 5.95. The predicted octanol–water partition coefficient (Wildman–Crippen LogP) is 3.18. The lowest BCUT2D eigenvalue weighted by atomic mass is 9.87. The van der Waals surface area contributed by atoms with E-state index in [1.807, 2.05) is 50.1 Å². The molecule has 2 N–H and O–H groups in total. The van der Waals surface area contributed by atoms with Crippen LogP contribution in [0.4, 0.5) is 0 Å². The number of ether oxygens (including phenoxy) is 1. The Hall–Kier alpha value is -2.08. The number of carbonyl (C=O) groups excluding carboxylic acids is 1. The summed E-state index contributed by atoms with van der Waals surface area (Å²) in [6, 6.07) is 8.38. The minimum atomic E-state index is 0.0792. The van der Waals surface area contributed by atoms with Gasteiger partial charge in [-0.25, -0.2) is 0 Å². The van der Waals surface area contributed by atoms with E-state index >= 15 is 0 Å². The minimum Gasteiger partial charge on any atom is -0.372 e. The minimum absolute atomic E-state index is 0.0792. The zero-order valence-electron chi connectivity index (χ0n) is 18.3. The Morgan fingerprint density at radius 1 is 1.07 bits per heavy atom. The number of amides is 1. The zero-order chi connectivity index (χ0) is 20.8. The number of rotatable bonds is 4. The molecular weight excluding hydrogens is 364 g/mol. The van der Waals surface area contributed by atoms with E-state index in [0.29, 0.717) is 25.7 Å². The largest absolute Gasteiger partial charge is 0.372 e. The topological polar surface area (TPSA) is 66.0 Å². The van der Waals surface area contributed by atoms with Crippen LogP contribution in [0, 0.1) is 5.92 Å². The lowest BCUT2D eigenvalue weighted by Crippen LogP contribution is -2.48. The average molecular weight is 401 g/mol. The Morgan fingerprint density at radius 2 is 1.69 bits per heavy atom. The SMILES string of the molecule is CN=C(NCc1ccc(C(=O)N2CC(C)OC(C)C2)cc1)NC1CCC(C)CC1. The standard InChI is InChI=1S/C23H36N4O2/c1-16-5-11-21(12-6-16)26-23(24-4)25-13-19-7-9-20(10-8-19)22(28)27-14-17(2)29-18(3)15-27/h7-10,16-18,21H,5-6,11-15H2,1-4H3,(H2,24,25,26). The van der Waals surface area contributed by atoms with Crippen LogP contribution in [0.25, 0.3) is 0 Å². The van der Waals surface area contributed by atoms with Gasteiger partial charge in [0.1, 0.15) is 0 Å². The van der Waals surface area contributed by atoms with E-state index in [2.05, 4.69) is 22.5 Å². The first-order chi connectivity index (χ1) is 13.9. The first kappa shape index (κ1) is 21.6. The van der Waals surface area contributed by atoms with Crippen molar-refractivity contribution < 1.29 is 9.53 Å². The molecule has 6 heteroatoms. The highest BCUT2D eigenvalue weighted by atomic mass is 16.5. The van der Waals surface area contributed by atoms with E-state index in [-0.39, 0.29) is 18.1 Å². The molecule has 1 aliphatic heterocycles. The summed E-state index contributed by atoms with van der Waals surface area (Å²) in [5.74, 6) is 1.77. The smallest absolute Gasteiger partial charge is 0.254 e. The molecule has 0 spiro atoms. The number of carbonyl (C=O) groups is 1. The molecule has 3 rings (SSSR count). The highest BCUT2D eigenvalue weighted by Gasteiger charge is 2.26. The van der Waals surface area contributed by atoms with Gasteiger partial charge in [0.15, 0.2) is 5.96 Å². The Kier molecular flexibility index (Phi) is 7.53. The van der Waals surface area contributed by atoms with Crippen LogP contribution in [0.3, 0.4) is 0 Å². The van der Waals surface area contributed by atoms with Crippen molar-refractivity contribution in [2.24, 2.45) is 10.9 Å². The van der Waals surface area contributed by atoms with Crippen LogP contribution in [-0.2, 0) is 11.3 Å². The molecule has 1 aromatic carbocycles. The summed E-state index contributed by atoms with van der Waals surface area (Å²) < 4.78 is 5.73. The number of nitrogens with one attached hydrogen (secondary N) is 2. The van der Waals surface area contributed by atoms with Crippen molar-refractivity contribution in [3.05, 3.63) is 35.4 Å². The molecule has 1 saturated carbocycles. The Bertz CT molecular complexity index is 685. The van der Waals surface area contributed by atoms with Crippen LogP contribution in [0.5, 0.6) is 0 Å². The van der Waals surface area contributed by atoms with Gasteiger partial charge in [0, 0.05) is 38.3 Å². The number of nitrogens with zero attached hydrogens (tertiary/aromatic N) is 2. The van der Waals surface area contributed by atoms with Gasteiger partial charge in [-0.05, 0) is 63.1 Å². The molecule has 29 heavy (non-hydrogen) atoms. The van der Waals surface area contributed by atoms with E-state index in [9.17, 15) is 4.79 Å². The van der Waals surface area contributed by atoms with Crippen molar-refractivity contribution in [3.63, 3.8) is 0 Å². The van der Waals surface area contributed by atoms with Crippen LogP contribution in [-0.4, -0.2) is 55.2 Å². The van der Waals surface area contributed by atoms with E-state index in [0.717, 1.165) is 23.0 Å². The molecule has 0 aromatic heterocycles. The van der Waals surface area contributed by atoms with Gasteiger partial charge < -0.3 is 20.3 Å². The molecule has 2 fully saturated rings. The van der Waals surface area contributed by atoms with E-state index in [1.165, 1.54) is 25.7 Å². The summed E-state index contributed by atoms with van der Waals surface area (Å²) in [5, 5.41) is 6.94. The summed E-state index contributed by atoms with van der Waals surface area (Å²) in [4.78, 5) is 19.0. The van der Waals surface area contributed by atoms with E-state index in [1.54, 1.807) is 0 Å². The molecule has 2 atom stereocenters. The fraction of sp³-hybridized carbons (Fsp3) is 0.652. The van der Waals surface area contributed by atoms with Gasteiger partial charge in [-0.2, -0.15) is 0 Å². The first-order valence-electron chi connectivity index (χ1n) is 11.0. The van der Waals surface area contributed by atoms with Crippen molar-refractivity contribution in [2.75, 3.05) is 20.1 Å². The number of guanidine groups is 1. The van der Waals surface area contributed by atoms with E-state index in [4.69, 9.17) is 4.74 Å². The van der Waals surface area contributed by atoms with Crippen LogP contribution >= 0.6 is 0 Å². The number of benzene rings is 1. The third-order valence-electron chi connectivity index (χ3n) is 5.95. The molecular formula is C23H36N4O2. The van der Waals surface area contributed by atoms with Gasteiger partial charge in [0.25, 0.3) is 5.91 Å². The molecule has 0 bridgehead atoms. The Labute approximate surface area is 175 Å². The van der Waals surface area contributed by atoms with Crippen molar-refractivity contribution >= 4 is 11.9 Å². The normalized spacial score (nSPS) is 28.1. The summed E-state index contributed by atoms with van der Waals surface area (Å²) in [5.41, 5.74) is 1.86. The van der Waals surface area contributed by atoms with Crippen molar-refractivity contribution in [1.29, 1.82) is 0 Å². The molecule has 160 valence electrons. The molecule has 1 aromatic rings. The second-order valence-corrected chi connectivity index (χ2v) is 8.69. The predicted molar refractivity (Wildman–Crippen MR) is 117 cm³/mol. The fourth-order valence-corrected chi connectivity index (χ4v) is 4.27. The number of aliphatic imine (C=N–C) groups is 1. The molecule has 0 radical (unpaired) electrons. The van der Waals surface area contributed by atoms with Crippen LogP contribution < -0.4 is 10.6 Å². The van der Waals surface area contributed by atoms with Crippen molar-refractivity contribution in [3.8, 4) is 0 Å². The molecule has 1 saturated heterocycles. The van der Waals surface area contributed by atoms with Gasteiger partial charge in [0.05, 0.1) is 12.2 Å². The molecule has 6 nitrogen and oxygen atoms in total. The fourth-order valence-electron chi connectivity index (χ4n) is 4.27. The van der Waals surface area contributed by atoms with Gasteiger partial charge in [-0.1, -0.05) is 19.1 Å². The third kappa shape index (κ3) is 6.20. The van der Waals surface area contributed by atoms with Crippen LogP contribution in [0.1, 0.15) is 62.4 Å². The maximum Gasteiger partial charge on any atom is 0.254 e. The number of hydrogen-bond acceptors (Lipinski definition) is 3. The molecule has 1 heterocycles. The lowest BCUT2D eigenvalue weighted by Gasteiger charge is -2.35. The summed E-state index contributed by atoms with van der Waals surface area (Å²) in [7, 11) is 1.81. The second-order valence-electron chi connectivity index (χ2n) is 8.69. The summed E-state index contributed by atoms with van der Waals surface area (Å²) >= 11 is 0. The highest BCUT2D eigenvalue weighted by Crippen LogP contribution is 2.23. The van der Waals surface area contributed by atoms with E-state index < -0.39 is 0 Å². The first-order valence-corrected chi connectivity index (χ1v) is 11.0. The highest BCUT2D eigenvalue weighted by molar-refractivity contribution is 5.94. The lowest BCUT2D eigenvalue weighted by molar-refractivity contribution is -0.0586. The second kappa shape index (κ2) is 10.1. The molecule has 1 amide bonds. The molecule has 1 aliphatic carbocycles. The zero-order valence-corrected chi connectivity index (χ0v) is 18.3. The van der Waals surface area contributed by atoms with Gasteiger partial charge >= 0.3 is 0 Å². The number of hydrogen-bond donors (Lipinski definition) is 2. The van der Waals surface area contributed by atoms with Crippen LogP contribution in [0.15, 0.2) is 29.3 Å². The van der Waals surface area contributed by atoms with Crippen molar-refractivity contribution in [1.82, 2.24) is 15.5 Å². The number of morpholine rings is 1. The Balaban J connectivity index is 1.50. The van der Waals surface area contributed by atoms with Crippen molar-refractivity contribution in [2.45, 2.75) is 71.2 Å². The summed E-state index contributed by atoms with van der Waals surface area (Å²) in [6.45, 7) is 8.34. The average Bonchev–Trinajstić information content (AvgIpc) is 2.71. The van der Waals surface area contributed by atoms with Gasteiger partial charge in [-0.3, -0.25) is 9.79 Å². The van der Waals surface area contributed by atoms with Gasteiger partial charge in [0.2, 0.25) is 0 Å². The molecule has 2 aliphatic rings. The van der Waals surface area contributed by atoms with Crippen LogP contribution in [0.2, 0.25) is 0 Å². The van der Waals surface area contributed by atoms with Gasteiger partial charge in [-0.15, -0.1) is 0 Å². The molecule has 2 unspecified atom stereocenters. The quantitative estimate of drug-likeness (QED) is 0.602. The monoisotopic (exact) mass is 400 g/mol. The Morgan fingerprint density at radius 3 is 2.28 bits per heavy atom. The maximum atomic E-state index is 12.8. The summed E-state index contributed by atoms with van der Waals surface area (Å²) in [6.07, 6.45) is 5.14. The maximum absolute atomic E-state index is 12.8.